The van der Waals surface area contributed by atoms with Gasteiger partial charge in [-0.1, -0.05) is 29.8 Å². The number of aromatic nitrogens is 2. The summed E-state index contributed by atoms with van der Waals surface area (Å²) in [5.74, 6) is -0.453. The fourth-order valence-corrected chi connectivity index (χ4v) is 3.28. The number of hydrogen-bond donors (Lipinski definition) is 0. The molecule has 2 heterocycles. The lowest BCUT2D eigenvalue weighted by molar-refractivity contribution is -0.138. The maximum absolute atomic E-state index is 11.7. The molecule has 0 fully saturated rings. The second kappa shape index (κ2) is 7.66. The van der Waals surface area contributed by atoms with E-state index in [-0.39, 0.29) is 13.2 Å². The Hall–Kier alpha value is -1.08. The van der Waals surface area contributed by atoms with Gasteiger partial charge in [-0.05, 0) is 28.9 Å². The number of rotatable bonds is 6. The Labute approximate surface area is 152 Å². The molecule has 0 bridgehead atoms. The first kappa shape index (κ1) is 18.3. The highest BCUT2D eigenvalue weighted by Crippen LogP contribution is 2.35. The van der Waals surface area contributed by atoms with Crippen molar-refractivity contribution in [2.75, 3.05) is 13.7 Å². The highest BCUT2D eigenvalue weighted by Gasteiger charge is 2.20. The predicted octanol–water partition coefficient (Wildman–Crippen LogP) is 4.37. The standard InChI is InChI=1S/C15H15BrCl2N2O3/c1-4-23-15(21)8(2)5-9-12(18)10-6-11(17)20(7-22-3)14(10)19-13(9)16/h6H,2,4-5,7H2,1,3H3. The molecule has 23 heavy (non-hydrogen) atoms. The zero-order chi connectivity index (χ0) is 17.1. The third-order valence-corrected chi connectivity index (χ3v) is 4.59. The minimum atomic E-state index is -0.453. The first-order valence-corrected chi connectivity index (χ1v) is 8.32. The van der Waals surface area contributed by atoms with Gasteiger partial charge >= 0.3 is 5.97 Å². The van der Waals surface area contributed by atoms with Crippen LogP contribution in [0.4, 0.5) is 0 Å². The average Bonchev–Trinajstić information content (AvgIpc) is 2.81. The van der Waals surface area contributed by atoms with Gasteiger partial charge in [0.05, 0.1) is 11.6 Å². The van der Waals surface area contributed by atoms with Crippen molar-refractivity contribution >= 4 is 56.1 Å². The van der Waals surface area contributed by atoms with Crippen molar-refractivity contribution in [2.24, 2.45) is 0 Å². The highest BCUT2D eigenvalue weighted by molar-refractivity contribution is 9.10. The Morgan fingerprint density at radius 2 is 2.17 bits per heavy atom. The Kier molecular flexibility index (Phi) is 6.08. The van der Waals surface area contributed by atoms with Gasteiger partial charge in [0.1, 0.15) is 22.1 Å². The van der Waals surface area contributed by atoms with Crippen LogP contribution in [0.15, 0.2) is 22.8 Å². The van der Waals surface area contributed by atoms with Crippen LogP contribution in [-0.2, 0) is 27.4 Å². The summed E-state index contributed by atoms with van der Waals surface area (Å²) in [7, 11) is 1.57. The maximum Gasteiger partial charge on any atom is 0.333 e. The lowest BCUT2D eigenvalue weighted by Gasteiger charge is -2.11. The second-order valence-electron chi connectivity index (χ2n) is 4.75. The molecule has 0 aliphatic rings. The lowest BCUT2D eigenvalue weighted by Crippen LogP contribution is -2.10. The van der Waals surface area contributed by atoms with Crippen molar-refractivity contribution in [1.82, 2.24) is 9.55 Å². The molecule has 0 spiro atoms. The SMILES string of the molecule is C=C(Cc1c(Br)nc2c(cc(Cl)n2COC)c1Cl)C(=O)OCC. The van der Waals surface area contributed by atoms with Crippen LogP contribution in [0.1, 0.15) is 12.5 Å². The second-order valence-corrected chi connectivity index (χ2v) is 6.26. The normalized spacial score (nSPS) is 11.0. The van der Waals surface area contributed by atoms with Crippen molar-refractivity contribution < 1.29 is 14.3 Å². The summed E-state index contributed by atoms with van der Waals surface area (Å²) in [5, 5.41) is 1.61. The van der Waals surface area contributed by atoms with E-state index in [0.29, 0.717) is 43.6 Å². The van der Waals surface area contributed by atoms with Crippen LogP contribution in [0.3, 0.4) is 0 Å². The molecule has 0 unspecified atom stereocenters. The molecule has 0 saturated heterocycles. The van der Waals surface area contributed by atoms with Crippen molar-refractivity contribution in [3.8, 4) is 0 Å². The number of carbonyl (C=O) groups excluding carboxylic acids is 1. The summed E-state index contributed by atoms with van der Waals surface area (Å²) in [4.78, 5) is 16.2. The van der Waals surface area contributed by atoms with Crippen LogP contribution in [0, 0.1) is 0 Å². The number of hydrogen-bond acceptors (Lipinski definition) is 4. The lowest BCUT2D eigenvalue weighted by atomic mass is 10.1. The fraction of sp³-hybridized carbons (Fsp3) is 0.333. The van der Waals surface area contributed by atoms with E-state index in [1.165, 1.54) is 0 Å². The Bertz CT molecular complexity index is 774. The molecular formula is C15H15BrCl2N2O3. The summed E-state index contributed by atoms with van der Waals surface area (Å²) in [6, 6.07) is 1.72. The molecule has 0 amide bonds. The van der Waals surface area contributed by atoms with Crippen LogP contribution >= 0.6 is 39.1 Å². The number of halogens is 3. The topological polar surface area (TPSA) is 53.4 Å². The minimum absolute atomic E-state index is 0.230. The summed E-state index contributed by atoms with van der Waals surface area (Å²) in [5.41, 5.74) is 1.56. The Morgan fingerprint density at radius 1 is 1.48 bits per heavy atom. The van der Waals surface area contributed by atoms with Crippen molar-refractivity contribution in [1.29, 1.82) is 0 Å². The first-order valence-electron chi connectivity index (χ1n) is 6.77. The number of nitrogens with zero attached hydrogens (tertiary/aromatic N) is 2. The van der Waals surface area contributed by atoms with Crippen molar-refractivity contribution in [2.45, 2.75) is 20.1 Å². The van der Waals surface area contributed by atoms with E-state index in [4.69, 9.17) is 32.7 Å². The van der Waals surface area contributed by atoms with Gasteiger partial charge in [0.15, 0.2) is 0 Å². The van der Waals surface area contributed by atoms with Gasteiger partial charge in [-0.25, -0.2) is 9.78 Å². The van der Waals surface area contributed by atoms with E-state index < -0.39 is 5.97 Å². The third kappa shape index (κ3) is 3.71. The number of esters is 1. The molecule has 0 saturated carbocycles. The molecule has 0 radical (unpaired) electrons. The van der Waals surface area contributed by atoms with Gasteiger partial charge in [0, 0.05) is 30.1 Å². The van der Waals surface area contributed by atoms with Crippen molar-refractivity contribution in [3.63, 3.8) is 0 Å². The van der Waals surface area contributed by atoms with E-state index >= 15 is 0 Å². The summed E-state index contributed by atoms with van der Waals surface area (Å²) in [6.07, 6.45) is 0.230. The molecule has 0 aliphatic carbocycles. The van der Waals surface area contributed by atoms with Crippen LogP contribution in [0.2, 0.25) is 10.2 Å². The predicted molar refractivity (Wildman–Crippen MR) is 93.9 cm³/mol. The van der Waals surface area contributed by atoms with E-state index in [1.54, 1.807) is 24.7 Å². The van der Waals surface area contributed by atoms with Gasteiger partial charge in [-0.2, -0.15) is 0 Å². The van der Waals surface area contributed by atoms with Gasteiger partial charge in [-0.15, -0.1) is 0 Å². The van der Waals surface area contributed by atoms with Crippen LogP contribution in [-0.4, -0.2) is 29.2 Å². The molecule has 8 heteroatoms. The first-order chi connectivity index (χ1) is 10.9. The van der Waals surface area contributed by atoms with E-state index in [9.17, 15) is 4.79 Å². The number of methoxy groups -OCH3 is 1. The molecule has 124 valence electrons. The van der Waals surface area contributed by atoms with Crippen LogP contribution < -0.4 is 0 Å². The molecule has 0 atom stereocenters. The molecule has 0 aromatic carbocycles. The number of carbonyl (C=O) groups is 1. The summed E-state index contributed by atoms with van der Waals surface area (Å²) >= 11 is 16.1. The summed E-state index contributed by atoms with van der Waals surface area (Å²) < 4.78 is 12.3. The fourth-order valence-electron chi connectivity index (χ4n) is 2.12. The smallest absolute Gasteiger partial charge is 0.333 e. The van der Waals surface area contributed by atoms with Gasteiger partial charge < -0.3 is 9.47 Å². The van der Waals surface area contributed by atoms with Crippen LogP contribution in [0.25, 0.3) is 11.0 Å². The Morgan fingerprint density at radius 3 is 2.78 bits per heavy atom. The van der Waals surface area contributed by atoms with E-state index in [0.717, 1.165) is 0 Å². The zero-order valence-corrected chi connectivity index (χ0v) is 15.8. The zero-order valence-electron chi connectivity index (χ0n) is 12.7. The van der Waals surface area contributed by atoms with Crippen molar-refractivity contribution in [3.05, 3.63) is 38.6 Å². The molecule has 5 nitrogen and oxygen atoms in total. The molecule has 2 aromatic rings. The average molecular weight is 422 g/mol. The quantitative estimate of drug-likeness (QED) is 0.394. The van der Waals surface area contributed by atoms with Crippen LogP contribution in [0.5, 0.6) is 0 Å². The molecular weight excluding hydrogens is 407 g/mol. The molecule has 0 aliphatic heterocycles. The monoisotopic (exact) mass is 420 g/mol. The number of fused-ring (bicyclic) bond motifs is 1. The van der Waals surface area contributed by atoms with Gasteiger partial charge in [0.2, 0.25) is 0 Å². The molecule has 2 aromatic heterocycles. The summed E-state index contributed by atoms with van der Waals surface area (Å²) in [6.45, 7) is 6.04. The minimum Gasteiger partial charge on any atom is -0.463 e. The van der Waals surface area contributed by atoms with E-state index in [2.05, 4.69) is 27.5 Å². The third-order valence-electron chi connectivity index (χ3n) is 3.18. The Balaban J connectivity index is 2.46. The number of ether oxygens (including phenoxy) is 2. The molecule has 2 rings (SSSR count). The highest BCUT2D eigenvalue weighted by atomic mass is 79.9. The van der Waals surface area contributed by atoms with Gasteiger partial charge in [0.25, 0.3) is 0 Å². The van der Waals surface area contributed by atoms with Gasteiger partial charge in [-0.3, -0.25) is 4.57 Å². The number of pyridine rings is 1. The maximum atomic E-state index is 11.7. The van der Waals surface area contributed by atoms with E-state index in [1.807, 2.05) is 0 Å². The largest absolute Gasteiger partial charge is 0.463 e. The molecule has 0 N–H and O–H groups in total.